The summed E-state index contributed by atoms with van der Waals surface area (Å²) in [4.78, 5) is 33.5. The number of carbonyl (C=O) groups excluding carboxylic acids is 2. The SMILES string of the molecule is CCCCOc1cccc(/C(O)=C2\C(=O)C(=O)N(c3nc4c(C)cc(C)cc4s3)C2c2ccc(C(C)C)cc2)c1. The number of ketones is 1. The number of ether oxygens (including phenoxy) is 1. The summed E-state index contributed by atoms with van der Waals surface area (Å²) in [7, 11) is 0. The lowest BCUT2D eigenvalue weighted by atomic mass is 9.93. The number of amides is 1. The molecule has 1 fully saturated rings. The summed E-state index contributed by atoms with van der Waals surface area (Å²) >= 11 is 1.38. The van der Waals surface area contributed by atoms with Crippen molar-refractivity contribution in [2.45, 2.75) is 59.4 Å². The minimum absolute atomic E-state index is 0.0418. The number of benzene rings is 3. The van der Waals surface area contributed by atoms with E-state index in [1.54, 1.807) is 18.2 Å². The molecule has 206 valence electrons. The number of nitrogens with zero attached hydrogens (tertiary/aromatic N) is 2. The molecule has 1 amide bonds. The number of aromatic nitrogens is 1. The predicted octanol–water partition coefficient (Wildman–Crippen LogP) is 7.84. The zero-order chi connectivity index (χ0) is 28.6. The molecule has 3 aromatic carbocycles. The third-order valence-electron chi connectivity index (χ3n) is 7.26. The van der Waals surface area contributed by atoms with Crippen molar-refractivity contribution >= 4 is 44.1 Å². The van der Waals surface area contributed by atoms with E-state index in [1.807, 2.05) is 50.2 Å². The maximum atomic E-state index is 13.7. The largest absolute Gasteiger partial charge is 0.507 e. The van der Waals surface area contributed by atoms with Gasteiger partial charge in [0.25, 0.3) is 5.78 Å². The van der Waals surface area contributed by atoms with E-state index in [4.69, 9.17) is 9.72 Å². The highest BCUT2D eigenvalue weighted by molar-refractivity contribution is 7.22. The fourth-order valence-electron chi connectivity index (χ4n) is 5.09. The summed E-state index contributed by atoms with van der Waals surface area (Å²) in [5.41, 5.74) is 5.25. The second kappa shape index (κ2) is 11.3. The number of thiazole rings is 1. The molecule has 1 aliphatic heterocycles. The third-order valence-corrected chi connectivity index (χ3v) is 8.26. The van der Waals surface area contributed by atoms with E-state index in [0.717, 1.165) is 45.3 Å². The molecule has 6 nitrogen and oxygen atoms in total. The van der Waals surface area contributed by atoms with E-state index in [9.17, 15) is 14.7 Å². The smallest absolute Gasteiger partial charge is 0.301 e. The molecular formula is C33H34N2O4S. The van der Waals surface area contributed by atoms with Crippen molar-refractivity contribution in [3.8, 4) is 5.75 Å². The van der Waals surface area contributed by atoms with Crippen LogP contribution in [0, 0.1) is 13.8 Å². The first kappa shape index (κ1) is 27.6. The van der Waals surface area contributed by atoms with Gasteiger partial charge in [-0.1, -0.05) is 81.0 Å². The number of hydrogen-bond acceptors (Lipinski definition) is 6. The molecule has 1 aliphatic rings. The Morgan fingerprint density at radius 1 is 1.07 bits per heavy atom. The molecule has 7 heteroatoms. The monoisotopic (exact) mass is 554 g/mol. The zero-order valence-corrected chi connectivity index (χ0v) is 24.3. The van der Waals surface area contributed by atoms with Crippen molar-refractivity contribution in [2.24, 2.45) is 0 Å². The molecule has 4 aromatic rings. The summed E-state index contributed by atoms with van der Waals surface area (Å²) in [6.07, 6.45) is 1.92. The van der Waals surface area contributed by atoms with Crippen LogP contribution >= 0.6 is 11.3 Å². The molecule has 2 heterocycles. The minimum atomic E-state index is -0.826. The molecule has 0 bridgehead atoms. The first-order valence-corrected chi connectivity index (χ1v) is 14.5. The molecule has 1 saturated heterocycles. The normalized spacial score (nSPS) is 16.9. The maximum Gasteiger partial charge on any atom is 0.301 e. The lowest BCUT2D eigenvalue weighted by molar-refractivity contribution is -0.132. The summed E-state index contributed by atoms with van der Waals surface area (Å²) in [5, 5.41) is 12.0. The molecule has 0 saturated carbocycles. The topological polar surface area (TPSA) is 79.7 Å². The first-order valence-electron chi connectivity index (χ1n) is 13.7. The van der Waals surface area contributed by atoms with Crippen LogP contribution < -0.4 is 9.64 Å². The number of Topliss-reactive ketones (excluding diaryl/α,β-unsaturated/α-hetero) is 1. The molecule has 1 atom stereocenters. The lowest BCUT2D eigenvalue weighted by Gasteiger charge is -2.23. The van der Waals surface area contributed by atoms with Crippen LogP contribution in [-0.2, 0) is 9.59 Å². The Labute approximate surface area is 238 Å². The quantitative estimate of drug-likeness (QED) is 0.104. The van der Waals surface area contributed by atoms with Gasteiger partial charge < -0.3 is 9.84 Å². The van der Waals surface area contributed by atoms with Gasteiger partial charge in [0.1, 0.15) is 11.5 Å². The van der Waals surface area contributed by atoms with Gasteiger partial charge >= 0.3 is 5.91 Å². The van der Waals surface area contributed by atoms with Gasteiger partial charge in [0.15, 0.2) is 5.13 Å². The number of rotatable bonds is 8. The van der Waals surface area contributed by atoms with E-state index in [-0.39, 0.29) is 11.3 Å². The van der Waals surface area contributed by atoms with E-state index in [0.29, 0.717) is 29.0 Å². The van der Waals surface area contributed by atoms with Crippen LogP contribution in [0.4, 0.5) is 5.13 Å². The Morgan fingerprint density at radius 3 is 2.52 bits per heavy atom. The maximum absolute atomic E-state index is 13.7. The van der Waals surface area contributed by atoms with Gasteiger partial charge in [-0.25, -0.2) is 4.98 Å². The number of fused-ring (bicyclic) bond motifs is 1. The van der Waals surface area contributed by atoms with Crippen molar-refractivity contribution < 1.29 is 19.4 Å². The van der Waals surface area contributed by atoms with Crippen molar-refractivity contribution in [3.05, 3.63) is 94.1 Å². The molecule has 1 N–H and O–H groups in total. The molecule has 1 unspecified atom stereocenters. The molecule has 5 rings (SSSR count). The average molecular weight is 555 g/mol. The van der Waals surface area contributed by atoms with Gasteiger partial charge in [-0.05, 0) is 66.6 Å². The van der Waals surface area contributed by atoms with Gasteiger partial charge in [0.05, 0.1) is 28.4 Å². The summed E-state index contributed by atoms with van der Waals surface area (Å²) in [6, 6.07) is 18.2. The van der Waals surface area contributed by atoms with Crippen LogP contribution in [0.1, 0.15) is 73.4 Å². The average Bonchev–Trinajstić information content (AvgIpc) is 3.47. The number of anilines is 1. The molecule has 40 heavy (non-hydrogen) atoms. The highest BCUT2D eigenvalue weighted by Gasteiger charge is 2.48. The summed E-state index contributed by atoms with van der Waals surface area (Å²) in [5.74, 6) is -0.746. The van der Waals surface area contributed by atoms with E-state index in [1.165, 1.54) is 16.2 Å². The number of aryl methyl sites for hydroxylation is 2. The second-order valence-corrected chi connectivity index (χ2v) is 11.7. The number of carbonyl (C=O) groups is 2. The molecule has 1 aromatic heterocycles. The Bertz CT molecular complexity index is 1620. The second-order valence-electron chi connectivity index (χ2n) is 10.6. The van der Waals surface area contributed by atoms with Crippen LogP contribution in [0.25, 0.3) is 16.0 Å². The number of aliphatic hydroxyl groups excluding tert-OH is 1. The van der Waals surface area contributed by atoms with Gasteiger partial charge in [0.2, 0.25) is 0 Å². The number of hydrogen-bond donors (Lipinski definition) is 1. The summed E-state index contributed by atoms with van der Waals surface area (Å²) in [6.45, 7) is 10.9. The Morgan fingerprint density at radius 2 is 1.82 bits per heavy atom. The first-order chi connectivity index (χ1) is 19.2. The van der Waals surface area contributed by atoms with Crippen molar-refractivity contribution in [1.29, 1.82) is 0 Å². The van der Waals surface area contributed by atoms with E-state index in [2.05, 4.69) is 26.8 Å². The van der Waals surface area contributed by atoms with Gasteiger partial charge in [-0.15, -0.1) is 0 Å². The minimum Gasteiger partial charge on any atom is -0.507 e. The highest BCUT2D eigenvalue weighted by Crippen LogP contribution is 2.45. The molecule has 0 spiro atoms. The van der Waals surface area contributed by atoms with Crippen molar-refractivity contribution in [3.63, 3.8) is 0 Å². The molecular weight excluding hydrogens is 520 g/mol. The van der Waals surface area contributed by atoms with Crippen molar-refractivity contribution in [1.82, 2.24) is 4.98 Å². The Hall–Kier alpha value is -3.97. The molecule has 0 aliphatic carbocycles. The van der Waals surface area contributed by atoms with E-state index < -0.39 is 17.7 Å². The molecule has 0 radical (unpaired) electrons. The van der Waals surface area contributed by atoms with Gasteiger partial charge in [-0.3, -0.25) is 14.5 Å². The predicted molar refractivity (Wildman–Crippen MR) is 161 cm³/mol. The van der Waals surface area contributed by atoms with Crippen LogP contribution in [0.5, 0.6) is 5.75 Å². The van der Waals surface area contributed by atoms with Crippen LogP contribution in [0.3, 0.4) is 0 Å². The van der Waals surface area contributed by atoms with Crippen LogP contribution in [0.2, 0.25) is 0 Å². The van der Waals surface area contributed by atoms with E-state index >= 15 is 0 Å². The highest BCUT2D eigenvalue weighted by atomic mass is 32.1. The lowest BCUT2D eigenvalue weighted by Crippen LogP contribution is -2.29. The number of aliphatic hydroxyl groups is 1. The zero-order valence-electron chi connectivity index (χ0n) is 23.5. The fraction of sp³-hybridized carbons (Fsp3) is 0.303. The third kappa shape index (κ3) is 5.13. The van der Waals surface area contributed by atoms with Crippen LogP contribution in [-0.4, -0.2) is 28.4 Å². The fourth-order valence-corrected chi connectivity index (χ4v) is 6.26. The standard InChI is InChI=1S/C33H34N2O4S/c1-6-7-15-39-25-10-8-9-24(18-25)30(36)27-29(23-13-11-22(12-14-23)19(2)3)35(32(38)31(27)37)33-34-28-21(5)16-20(4)17-26(28)40-33/h8-14,16-19,29,36H,6-7,15H2,1-5H3/b30-27+. The van der Waals surface area contributed by atoms with Crippen molar-refractivity contribution in [2.75, 3.05) is 11.5 Å². The van der Waals surface area contributed by atoms with Crippen LogP contribution in [0.15, 0.2) is 66.2 Å². The number of unbranched alkanes of at least 4 members (excludes halogenated alkanes) is 1. The Balaban J connectivity index is 1.66. The Kier molecular flexibility index (Phi) is 7.76. The summed E-state index contributed by atoms with van der Waals surface area (Å²) < 4.78 is 6.78. The van der Waals surface area contributed by atoms with Gasteiger partial charge in [-0.2, -0.15) is 0 Å². The van der Waals surface area contributed by atoms with Gasteiger partial charge in [0, 0.05) is 5.56 Å².